The number of phosphoric ester groups is 1. The van der Waals surface area contributed by atoms with Crippen molar-refractivity contribution in [2.24, 2.45) is 0 Å². The zero-order chi connectivity index (χ0) is 8.41. The fourth-order valence-electron chi connectivity index (χ4n) is 0.196. The highest BCUT2D eigenvalue weighted by Crippen LogP contribution is 2.42. The first-order valence-electron chi connectivity index (χ1n) is 2.04. The molecule has 0 aliphatic heterocycles. The Morgan fingerprint density at radius 3 is 2.10 bits per heavy atom. The second kappa shape index (κ2) is 2.75. The smallest absolute Gasteiger partial charge is 0.303 e. The van der Waals surface area contributed by atoms with E-state index in [1.54, 1.807) is 0 Å². The SMILES string of the molecule is C=CC(F)(F)OP(=O)(O)O. The molecule has 0 unspecified atom stereocenters. The molecule has 7 heteroatoms. The van der Waals surface area contributed by atoms with Crippen LogP contribution in [0, 0.1) is 0 Å². The summed E-state index contributed by atoms with van der Waals surface area (Å²) in [7, 11) is -5.13. The maximum Gasteiger partial charge on any atom is 0.474 e. The molecule has 4 nitrogen and oxygen atoms in total. The lowest BCUT2D eigenvalue weighted by atomic mass is 10.6. The van der Waals surface area contributed by atoms with Gasteiger partial charge in [-0.3, -0.25) is 0 Å². The lowest BCUT2D eigenvalue weighted by Crippen LogP contribution is -2.14. The lowest BCUT2D eigenvalue weighted by Gasteiger charge is -2.11. The van der Waals surface area contributed by atoms with E-state index in [4.69, 9.17) is 9.79 Å². The molecule has 0 aromatic carbocycles. The molecule has 0 aliphatic carbocycles. The van der Waals surface area contributed by atoms with Crippen LogP contribution in [-0.4, -0.2) is 15.9 Å². The van der Waals surface area contributed by atoms with Crippen molar-refractivity contribution in [3.8, 4) is 0 Å². The van der Waals surface area contributed by atoms with Crippen LogP contribution in [0.3, 0.4) is 0 Å². The number of rotatable bonds is 3. The number of phosphoric acid groups is 1. The number of alkyl halides is 2. The fraction of sp³-hybridized carbons (Fsp3) is 0.333. The molecule has 0 saturated carbocycles. The molecule has 0 saturated heterocycles. The summed E-state index contributed by atoms with van der Waals surface area (Å²) in [6.45, 7) is 2.60. The predicted octanol–water partition coefficient (Wildman–Crippen LogP) is 0.875. The third kappa shape index (κ3) is 4.58. The summed E-state index contributed by atoms with van der Waals surface area (Å²) in [5.74, 6) is 0. The maximum atomic E-state index is 11.8. The van der Waals surface area contributed by atoms with Crippen LogP contribution in [-0.2, 0) is 9.09 Å². The average molecular weight is 174 g/mol. The predicted molar refractivity (Wildman–Crippen MR) is 28.3 cm³/mol. The Morgan fingerprint density at radius 2 is 2.00 bits per heavy atom. The van der Waals surface area contributed by atoms with Gasteiger partial charge in [-0.15, -0.1) is 0 Å². The van der Waals surface area contributed by atoms with Gasteiger partial charge < -0.3 is 9.79 Å². The summed E-state index contributed by atoms with van der Waals surface area (Å²) in [5, 5.41) is 0. The van der Waals surface area contributed by atoms with Gasteiger partial charge in [-0.25, -0.2) is 9.09 Å². The van der Waals surface area contributed by atoms with Crippen LogP contribution in [0.5, 0.6) is 0 Å². The van der Waals surface area contributed by atoms with Crippen molar-refractivity contribution in [3.05, 3.63) is 12.7 Å². The molecule has 0 aromatic rings. The maximum absolute atomic E-state index is 11.8. The molecule has 0 bridgehead atoms. The Balaban J connectivity index is 4.15. The molecular weight excluding hydrogens is 169 g/mol. The highest BCUT2D eigenvalue weighted by atomic mass is 31.2. The molecule has 0 fully saturated rings. The van der Waals surface area contributed by atoms with E-state index in [2.05, 4.69) is 11.1 Å². The lowest BCUT2D eigenvalue weighted by molar-refractivity contribution is -0.143. The Kier molecular flexibility index (Phi) is 2.67. The first-order valence-corrected chi connectivity index (χ1v) is 3.57. The summed E-state index contributed by atoms with van der Waals surface area (Å²) in [6, 6.07) is 0. The molecule has 2 N–H and O–H groups in total. The molecule has 60 valence electrons. The van der Waals surface area contributed by atoms with Crippen LogP contribution in [0.4, 0.5) is 8.78 Å². The summed E-state index contributed by atoms with van der Waals surface area (Å²) >= 11 is 0. The minimum absolute atomic E-state index is 0.00785. The van der Waals surface area contributed by atoms with Crippen molar-refractivity contribution in [2.45, 2.75) is 6.11 Å². The minimum atomic E-state index is -5.13. The Bertz CT molecular complexity index is 173. The largest absolute Gasteiger partial charge is 0.474 e. The van der Waals surface area contributed by atoms with Crippen molar-refractivity contribution < 1.29 is 27.7 Å². The van der Waals surface area contributed by atoms with E-state index in [0.717, 1.165) is 0 Å². The molecule has 0 rings (SSSR count). The van der Waals surface area contributed by atoms with E-state index in [-0.39, 0.29) is 6.08 Å². The molecule has 0 radical (unpaired) electrons. The van der Waals surface area contributed by atoms with Crippen LogP contribution in [0.1, 0.15) is 0 Å². The number of hydrogen-bond donors (Lipinski definition) is 2. The van der Waals surface area contributed by atoms with Gasteiger partial charge in [0.25, 0.3) is 0 Å². The minimum Gasteiger partial charge on any atom is -0.303 e. The van der Waals surface area contributed by atoms with E-state index < -0.39 is 13.9 Å². The van der Waals surface area contributed by atoms with Crippen LogP contribution in [0.25, 0.3) is 0 Å². The molecule has 0 aliphatic rings. The van der Waals surface area contributed by atoms with Gasteiger partial charge in [0.15, 0.2) is 0 Å². The van der Waals surface area contributed by atoms with E-state index in [0.29, 0.717) is 0 Å². The first-order chi connectivity index (χ1) is 4.27. The molecule has 0 aromatic heterocycles. The van der Waals surface area contributed by atoms with Gasteiger partial charge in [0.1, 0.15) is 0 Å². The van der Waals surface area contributed by atoms with Gasteiger partial charge >= 0.3 is 13.9 Å². The first kappa shape index (κ1) is 9.71. The summed E-state index contributed by atoms with van der Waals surface area (Å²) in [5.41, 5.74) is 0. The average Bonchev–Trinajstić information content (AvgIpc) is 1.60. The zero-order valence-corrected chi connectivity index (χ0v) is 5.59. The van der Waals surface area contributed by atoms with Crippen molar-refractivity contribution >= 4 is 7.82 Å². The summed E-state index contributed by atoms with van der Waals surface area (Å²) < 4.78 is 36.4. The molecular formula is C3H5F2O4P. The van der Waals surface area contributed by atoms with Crippen LogP contribution >= 0.6 is 7.82 Å². The van der Waals surface area contributed by atoms with Gasteiger partial charge in [0.05, 0.1) is 0 Å². The number of hydrogen-bond acceptors (Lipinski definition) is 2. The fourth-order valence-corrected chi connectivity index (χ4v) is 0.587. The van der Waals surface area contributed by atoms with Gasteiger partial charge in [-0.1, -0.05) is 6.58 Å². The second-order valence-corrected chi connectivity index (χ2v) is 2.51. The van der Waals surface area contributed by atoms with Crippen LogP contribution < -0.4 is 0 Å². The van der Waals surface area contributed by atoms with E-state index in [1.807, 2.05) is 0 Å². The summed E-state index contributed by atoms with van der Waals surface area (Å²) in [6.07, 6.45) is -3.98. The quantitative estimate of drug-likeness (QED) is 0.492. The summed E-state index contributed by atoms with van der Waals surface area (Å²) in [4.78, 5) is 15.7. The van der Waals surface area contributed by atoms with Gasteiger partial charge in [0.2, 0.25) is 0 Å². The molecule has 0 atom stereocenters. The second-order valence-electron chi connectivity index (χ2n) is 1.35. The van der Waals surface area contributed by atoms with Crippen molar-refractivity contribution in [1.82, 2.24) is 0 Å². The van der Waals surface area contributed by atoms with E-state index in [9.17, 15) is 13.3 Å². The Morgan fingerprint density at radius 1 is 1.60 bits per heavy atom. The third-order valence-electron chi connectivity index (χ3n) is 0.478. The molecule has 0 heterocycles. The van der Waals surface area contributed by atoms with Gasteiger partial charge in [0, 0.05) is 6.08 Å². The van der Waals surface area contributed by atoms with Crippen LogP contribution in [0.2, 0.25) is 0 Å². The van der Waals surface area contributed by atoms with E-state index in [1.165, 1.54) is 0 Å². The number of halogens is 2. The van der Waals surface area contributed by atoms with Crippen LogP contribution in [0.15, 0.2) is 12.7 Å². The van der Waals surface area contributed by atoms with E-state index >= 15 is 0 Å². The zero-order valence-electron chi connectivity index (χ0n) is 4.70. The van der Waals surface area contributed by atoms with Gasteiger partial charge in [-0.05, 0) is 0 Å². The Labute approximate surface area is 55.4 Å². The van der Waals surface area contributed by atoms with Crippen molar-refractivity contribution in [2.75, 3.05) is 0 Å². The monoisotopic (exact) mass is 174 g/mol. The molecule has 0 spiro atoms. The molecule has 0 amide bonds. The Hall–Kier alpha value is -0.290. The van der Waals surface area contributed by atoms with Crippen molar-refractivity contribution in [3.63, 3.8) is 0 Å². The highest BCUT2D eigenvalue weighted by molar-refractivity contribution is 7.46. The van der Waals surface area contributed by atoms with Crippen molar-refractivity contribution in [1.29, 1.82) is 0 Å². The molecule has 10 heavy (non-hydrogen) atoms. The standard InChI is InChI=1S/C3H5F2O4P/c1-2-3(4,5)9-10(6,7)8/h2H,1H2,(H2,6,7,8). The topological polar surface area (TPSA) is 66.8 Å². The normalized spacial score (nSPS) is 13.2. The third-order valence-corrected chi connectivity index (χ3v) is 0.960. The van der Waals surface area contributed by atoms with Gasteiger partial charge in [-0.2, -0.15) is 8.78 Å². The highest BCUT2D eigenvalue weighted by Gasteiger charge is 2.34.